The Hall–Kier alpha value is -1.34. The molecule has 0 aliphatic rings. The molecule has 1 amide bonds. The Morgan fingerprint density at radius 3 is 3.00 bits per heavy atom. The van der Waals surface area contributed by atoms with Gasteiger partial charge < -0.3 is 9.84 Å². The van der Waals surface area contributed by atoms with Crippen molar-refractivity contribution in [2.45, 2.75) is 11.9 Å². The number of rotatable bonds is 4. The van der Waals surface area contributed by atoms with Crippen LogP contribution in [0.4, 0.5) is 5.82 Å². The highest BCUT2D eigenvalue weighted by molar-refractivity contribution is 9.10. The van der Waals surface area contributed by atoms with E-state index >= 15 is 0 Å². The number of hydrogen-bond donors (Lipinski definition) is 1. The Kier molecular flexibility index (Phi) is 4.38. The highest BCUT2D eigenvalue weighted by Crippen LogP contribution is 2.17. The lowest BCUT2D eigenvalue weighted by molar-refractivity contribution is -0.113. The molecule has 0 saturated heterocycles. The van der Waals surface area contributed by atoms with Crippen LogP contribution >= 0.6 is 27.7 Å². The molecule has 0 unspecified atom stereocenters. The molecule has 0 spiro atoms. The van der Waals surface area contributed by atoms with Gasteiger partial charge in [0.25, 0.3) is 0 Å². The van der Waals surface area contributed by atoms with E-state index in [9.17, 15) is 4.79 Å². The monoisotopic (exact) mass is 327 g/mol. The summed E-state index contributed by atoms with van der Waals surface area (Å²) in [7, 11) is 0. The normalized spacial score (nSPS) is 10.3. The molecule has 94 valence electrons. The number of thioether (sulfide) groups is 1. The van der Waals surface area contributed by atoms with Crippen molar-refractivity contribution in [2.75, 3.05) is 11.1 Å². The molecule has 7 heteroatoms. The zero-order valence-electron chi connectivity index (χ0n) is 9.51. The smallest absolute Gasteiger partial charge is 0.236 e. The molecule has 2 rings (SSSR count). The van der Waals surface area contributed by atoms with Gasteiger partial charge in [-0.2, -0.15) is 0 Å². The lowest BCUT2D eigenvalue weighted by Gasteiger charge is -2.01. The van der Waals surface area contributed by atoms with Gasteiger partial charge in [0.2, 0.25) is 5.91 Å². The van der Waals surface area contributed by atoms with Crippen molar-refractivity contribution in [1.82, 2.24) is 10.1 Å². The van der Waals surface area contributed by atoms with Crippen LogP contribution in [0.25, 0.3) is 0 Å². The van der Waals surface area contributed by atoms with Crippen molar-refractivity contribution in [1.29, 1.82) is 0 Å². The first-order valence-electron chi connectivity index (χ1n) is 5.11. The summed E-state index contributed by atoms with van der Waals surface area (Å²) in [6, 6.07) is 5.40. The molecule has 0 aliphatic heterocycles. The van der Waals surface area contributed by atoms with Crippen LogP contribution in [0.15, 0.2) is 38.4 Å². The first kappa shape index (κ1) is 13.1. The Balaban J connectivity index is 1.83. The van der Waals surface area contributed by atoms with E-state index in [1.165, 1.54) is 11.8 Å². The summed E-state index contributed by atoms with van der Waals surface area (Å²) < 4.78 is 5.76. The number of pyridine rings is 1. The van der Waals surface area contributed by atoms with Crippen LogP contribution in [0.5, 0.6) is 0 Å². The van der Waals surface area contributed by atoms with Gasteiger partial charge in [-0.15, -0.1) is 0 Å². The third kappa shape index (κ3) is 3.85. The average Bonchev–Trinajstić information content (AvgIpc) is 2.74. The quantitative estimate of drug-likeness (QED) is 0.874. The molecule has 0 aliphatic carbocycles. The van der Waals surface area contributed by atoms with Crippen LogP contribution in [-0.2, 0) is 4.79 Å². The Morgan fingerprint density at radius 1 is 1.56 bits per heavy atom. The van der Waals surface area contributed by atoms with Gasteiger partial charge in [-0.25, -0.2) is 4.98 Å². The fraction of sp³-hybridized carbons (Fsp3) is 0.182. The second-order valence-electron chi connectivity index (χ2n) is 3.47. The number of aromatic nitrogens is 2. The largest absolute Gasteiger partial charge is 0.360 e. The van der Waals surface area contributed by atoms with Gasteiger partial charge in [0.15, 0.2) is 5.82 Å². The molecule has 5 nitrogen and oxygen atoms in total. The zero-order chi connectivity index (χ0) is 13.0. The SMILES string of the molecule is Cc1cc(NC(=O)CSc2ccc(Br)cn2)no1. The van der Waals surface area contributed by atoms with Crippen LogP contribution in [0.1, 0.15) is 5.76 Å². The molecule has 0 atom stereocenters. The lowest BCUT2D eigenvalue weighted by atomic mass is 10.5. The molecule has 2 heterocycles. The number of amides is 1. The molecule has 1 N–H and O–H groups in total. The van der Waals surface area contributed by atoms with Gasteiger partial charge in [0, 0.05) is 16.7 Å². The molecular weight excluding hydrogens is 318 g/mol. The van der Waals surface area contributed by atoms with Crippen molar-refractivity contribution in [2.24, 2.45) is 0 Å². The van der Waals surface area contributed by atoms with E-state index in [1.54, 1.807) is 19.2 Å². The maximum atomic E-state index is 11.6. The number of aryl methyl sites for hydroxylation is 1. The van der Waals surface area contributed by atoms with Crippen molar-refractivity contribution >= 4 is 39.4 Å². The molecule has 2 aromatic heterocycles. The highest BCUT2D eigenvalue weighted by Gasteiger charge is 2.07. The molecule has 0 fully saturated rings. The Morgan fingerprint density at radius 2 is 2.39 bits per heavy atom. The van der Waals surface area contributed by atoms with Crippen LogP contribution in [0.3, 0.4) is 0 Å². The minimum Gasteiger partial charge on any atom is -0.360 e. The minimum atomic E-state index is -0.141. The maximum Gasteiger partial charge on any atom is 0.236 e. The fourth-order valence-electron chi connectivity index (χ4n) is 1.19. The molecule has 0 aromatic carbocycles. The number of carbonyl (C=O) groups is 1. The summed E-state index contributed by atoms with van der Waals surface area (Å²) in [4.78, 5) is 15.8. The lowest BCUT2D eigenvalue weighted by Crippen LogP contribution is -2.14. The second-order valence-corrected chi connectivity index (χ2v) is 5.39. The first-order valence-corrected chi connectivity index (χ1v) is 6.89. The van der Waals surface area contributed by atoms with E-state index in [4.69, 9.17) is 4.52 Å². The van der Waals surface area contributed by atoms with Gasteiger partial charge in [-0.05, 0) is 35.0 Å². The van der Waals surface area contributed by atoms with E-state index in [0.717, 1.165) is 9.50 Å². The van der Waals surface area contributed by atoms with Gasteiger partial charge in [0.05, 0.1) is 10.8 Å². The predicted molar refractivity (Wildman–Crippen MR) is 72.5 cm³/mol. The van der Waals surface area contributed by atoms with E-state index < -0.39 is 0 Å². The average molecular weight is 328 g/mol. The van der Waals surface area contributed by atoms with E-state index in [0.29, 0.717) is 11.6 Å². The van der Waals surface area contributed by atoms with Gasteiger partial charge in [0.1, 0.15) is 5.76 Å². The first-order chi connectivity index (χ1) is 8.63. The number of halogens is 1. The van der Waals surface area contributed by atoms with Crippen LogP contribution in [0, 0.1) is 6.92 Å². The minimum absolute atomic E-state index is 0.141. The zero-order valence-corrected chi connectivity index (χ0v) is 11.9. The molecule has 18 heavy (non-hydrogen) atoms. The number of nitrogens with one attached hydrogen (secondary N) is 1. The highest BCUT2D eigenvalue weighted by atomic mass is 79.9. The third-order valence-corrected chi connectivity index (χ3v) is 3.36. The summed E-state index contributed by atoms with van der Waals surface area (Å²) in [5.74, 6) is 1.23. The van der Waals surface area contributed by atoms with Crippen molar-refractivity contribution < 1.29 is 9.32 Å². The van der Waals surface area contributed by atoms with E-state index in [1.807, 2.05) is 12.1 Å². The van der Waals surface area contributed by atoms with Crippen molar-refractivity contribution in [3.05, 3.63) is 34.6 Å². The fourth-order valence-corrected chi connectivity index (χ4v) is 2.07. The summed E-state index contributed by atoms with van der Waals surface area (Å²) in [5.41, 5.74) is 0. The topological polar surface area (TPSA) is 68.0 Å². The van der Waals surface area contributed by atoms with Crippen molar-refractivity contribution in [3.63, 3.8) is 0 Å². The summed E-state index contributed by atoms with van der Waals surface area (Å²) in [6.45, 7) is 1.77. The molecular formula is C11H10BrN3O2S. The number of carbonyl (C=O) groups excluding carboxylic acids is 1. The summed E-state index contributed by atoms with van der Waals surface area (Å²) in [6.07, 6.45) is 1.70. The van der Waals surface area contributed by atoms with Gasteiger partial charge in [-0.3, -0.25) is 4.79 Å². The van der Waals surface area contributed by atoms with Crippen molar-refractivity contribution in [3.8, 4) is 0 Å². The maximum absolute atomic E-state index is 11.6. The molecule has 0 saturated carbocycles. The molecule has 0 bridgehead atoms. The van der Waals surface area contributed by atoms with E-state index in [-0.39, 0.29) is 11.7 Å². The third-order valence-electron chi connectivity index (χ3n) is 1.95. The summed E-state index contributed by atoms with van der Waals surface area (Å²) in [5, 5.41) is 7.12. The van der Waals surface area contributed by atoms with Crippen LogP contribution in [0.2, 0.25) is 0 Å². The molecule has 2 aromatic rings. The second kappa shape index (κ2) is 6.01. The van der Waals surface area contributed by atoms with Crippen LogP contribution in [-0.4, -0.2) is 21.8 Å². The number of nitrogens with zero attached hydrogens (tertiary/aromatic N) is 2. The standard InChI is InChI=1S/C11H10BrN3O2S/c1-7-4-9(15-17-7)14-10(16)6-18-11-3-2-8(12)5-13-11/h2-5H,6H2,1H3,(H,14,15,16). The van der Waals surface area contributed by atoms with Crippen LogP contribution < -0.4 is 5.32 Å². The van der Waals surface area contributed by atoms with Gasteiger partial charge >= 0.3 is 0 Å². The number of anilines is 1. The Labute approximate surface area is 116 Å². The van der Waals surface area contributed by atoms with Gasteiger partial charge in [-0.1, -0.05) is 16.9 Å². The van der Waals surface area contributed by atoms with E-state index in [2.05, 4.69) is 31.4 Å². The number of hydrogen-bond acceptors (Lipinski definition) is 5. The Bertz CT molecular complexity index is 541. The molecule has 0 radical (unpaired) electrons. The predicted octanol–water partition coefficient (Wildman–Crippen LogP) is 2.87. The summed E-state index contributed by atoms with van der Waals surface area (Å²) >= 11 is 4.66.